The van der Waals surface area contributed by atoms with E-state index < -0.39 is 0 Å². The van der Waals surface area contributed by atoms with Crippen molar-refractivity contribution in [3.8, 4) is 0 Å². The van der Waals surface area contributed by atoms with Crippen molar-refractivity contribution in [2.75, 3.05) is 5.32 Å². The van der Waals surface area contributed by atoms with Gasteiger partial charge < -0.3 is 5.32 Å². The van der Waals surface area contributed by atoms with E-state index in [0.717, 1.165) is 16.5 Å². The van der Waals surface area contributed by atoms with Crippen LogP contribution in [0.2, 0.25) is 10.0 Å². The number of benzene rings is 2. The molecule has 0 unspecified atom stereocenters. The number of hydrogen-bond donors (Lipinski definition) is 1. The van der Waals surface area contributed by atoms with Gasteiger partial charge in [0.15, 0.2) is 0 Å². The van der Waals surface area contributed by atoms with Crippen molar-refractivity contribution in [3.63, 3.8) is 0 Å². The van der Waals surface area contributed by atoms with Gasteiger partial charge in [0, 0.05) is 28.2 Å². The number of rotatable bonds is 3. The van der Waals surface area contributed by atoms with E-state index in [0.29, 0.717) is 15.7 Å². The maximum absolute atomic E-state index is 12.1. The molecule has 0 aliphatic carbocycles. The summed E-state index contributed by atoms with van der Waals surface area (Å²) in [5, 5.41) is 4.67. The molecule has 0 atom stereocenters. The number of pyridine rings is 1. The molecule has 5 heteroatoms. The average Bonchev–Trinajstić information content (AvgIpc) is 2.56. The van der Waals surface area contributed by atoms with E-state index in [1.807, 2.05) is 30.3 Å². The van der Waals surface area contributed by atoms with Crippen molar-refractivity contribution in [1.29, 1.82) is 0 Å². The topological polar surface area (TPSA) is 42.0 Å². The number of carbonyl (C=O) groups excluding carboxylic acids is 1. The number of halogens is 2. The Labute approximate surface area is 143 Å². The summed E-state index contributed by atoms with van der Waals surface area (Å²) in [6, 6.07) is 14.6. The third kappa shape index (κ3) is 3.70. The van der Waals surface area contributed by atoms with Gasteiger partial charge >= 0.3 is 0 Å². The highest BCUT2D eigenvalue weighted by Crippen LogP contribution is 2.25. The summed E-state index contributed by atoms with van der Waals surface area (Å²) >= 11 is 11.9. The maximum atomic E-state index is 12.1. The lowest BCUT2D eigenvalue weighted by Gasteiger charge is -2.05. The molecule has 0 aliphatic heterocycles. The summed E-state index contributed by atoms with van der Waals surface area (Å²) in [7, 11) is 0. The van der Waals surface area contributed by atoms with E-state index in [9.17, 15) is 4.79 Å². The Kier molecular flexibility index (Phi) is 4.60. The molecule has 1 amide bonds. The summed E-state index contributed by atoms with van der Waals surface area (Å²) in [5.74, 6) is -0.290. The average molecular weight is 343 g/mol. The number of carbonyl (C=O) groups is 1. The van der Waals surface area contributed by atoms with Crippen LogP contribution in [0.5, 0.6) is 0 Å². The molecule has 1 N–H and O–H groups in total. The van der Waals surface area contributed by atoms with Gasteiger partial charge in [0.05, 0.1) is 16.2 Å². The van der Waals surface area contributed by atoms with Crippen LogP contribution in [0, 0.1) is 0 Å². The lowest BCUT2D eigenvalue weighted by atomic mass is 10.1. The van der Waals surface area contributed by atoms with Crippen LogP contribution in [0.25, 0.3) is 17.0 Å². The second kappa shape index (κ2) is 6.82. The molecule has 3 nitrogen and oxygen atoms in total. The fraction of sp³-hybridized carbons (Fsp3) is 0. The number of anilines is 1. The van der Waals surface area contributed by atoms with Gasteiger partial charge in [0.1, 0.15) is 0 Å². The zero-order chi connectivity index (χ0) is 16.2. The van der Waals surface area contributed by atoms with Gasteiger partial charge in [0.2, 0.25) is 5.91 Å². The highest BCUT2D eigenvalue weighted by molar-refractivity contribution is 6.35. The first-order chi connectivity index (χ1) is 11.1. The Morgan fingerprint density at radius 1 is 1.09 bits per heavy atom. The van der Waals surface area contributed by atoms with Gasteiger partial charge in [-0.15, -0.1) is 0 Å². The van der Waals surface area contributed by atoms with Gasteiger partial charge in [0.25, 0.3) is 0 Å². The summed E-state index contributed by atoms with van der Waals surface area (Å²) in [5.41, 5.74) is 2.19. The lowest BCUT2D eigenvalue weighted by molar-refractivity contribution is -0.111. The van der Waals surface area contributed by atoms with Crippen molar-refractivity contribution >= 4 is 51.8 Å². The Hall–Kier alpha value is -2.36. The predicted molar refractivity (Wildman–Crippen MR) is 95.9 cm³/mol. The predicted octanol–water partition coefficient (Wildman–Crippen LogP) is 5.19. The third-order valence-electron chi connectivity index (χ3n) is 3.26. The zero-order valence-corrected chi connectivity index (χ0v) is 13.5. The first-order valence-electron chi connectivity index (χ1n) is 6.91. The number of fused-ring (bicyclic) bond motifs is 1. The lowest BCUT2D eigenvalue weighted by Crippen LogP contribution is -2.08. The first-order valence-corrected chi connectivity index (χ1v) is 7.67. The van der Waals surface area contributed by atoms with Crippen LogP contribution in [0.3, 0.4) is 0 Å². The molecular formula is C18H12Cl2N2O. The van der Waals surface area contributed by atoms with E-state index in [4.69, 9.17) is 23.2 Å². The Balaban J connectivity index is 1.82. The SMILES string of the molecule is O=C(/C=C/c1cccc2cccnc12)Nc1cc(Cl)ccc1Cl. The Bertz CT molecular complexity index is 901. The molecule has 0 spiro atoms. The number of nitrogens with one attached hydrogen (secondary N) is 1. The highest BCUT2D eigenvalue weighted by Gasteiger charge is 2.04. The maximum Gasteiger partial charge on any atom is 0.248 e. The van der Waals surface area contributed by atoms with Gasteiger partial charge in [-0.3, -0.25) is 9.78 Å². The monoisotopic (exact) mass is 342 g/mol. The zero-order valence-electron chi connectivity index (χ0n) is 12.0. The highest BCUT2D eigenvalue weighted by atomic mass is 35.5. The molecule has 1 heterocycles. The minimum absolute atomic E-state index is 0.290. The van der Waals surface area contributed by atoms with Crippen LogP contribution < -0.4 is 5.32 Å². The standard InChI is InChI=1S/C18H12Cl2N2O/c19-14-7-8-15(20)16(11-14)22-17(23)9-6-13-4-1-3-12-5-2-10-21-18(12)13/h1-11H,(H,22,23)/b9-6+. The molecule has 0 saturated heterocycles. The number of para-hydroxylation sites is 1. The van der Waals surface area contributed by atoms with Crippen LogP contribution in [-0.2, 0) is 4.79 Å². The van der Waals surface area contributed by atoms with Crippen LogP contribution in [0.4, 0.5) is 5.69 Å². The molecule has 3 aromatic rings. The third-order valence-corrected chi connectivity index (χ3v) is 3.83. The summed E-state index contributed by atoms with van der Waals surface area (Å²) < 4.78 is 0. The minimum atomic E-state index is -0.290. The van der Waals surface area contributed by atoms with E-state index in [2.05, 4.69) is 10.3 Å². The van der Waals surface area contributed by atoms with E-state index in [1.165, 1.54) is 6.08 Å². The Morgan fingerprint density at radius 2 is 1.91 bits per heavy atom. The molecule has 2 aromatic carbocycles. The fourth-order valence-electron chi connectivity index (χ4n) is 2.20. The van der Waals surface area contributed by atoms with Gasteiger partial charge in [-0.2, -0.15) is 0 Å². The van der Waals surface area contributed by atoms with Gasteiger partial charge in [-0.1, -0.05) is 47.5 Å². The second-order valence-corrected chi connectivity index (χ2v) is 5.71. The summed E-state index contributed by atoms with van der Waals surface area (Å²) in [4.78, 5) is 16.4. The molecule has 114 valence electrons. The quantitative estimate of drug-likeness (QED) is 0.665. The number of aromatic nitrogens is 1. The van der Waals surface area contributed by atoms with Crippen LogP contribution in [-0.4, -0.2) is 10.9 Å². The first kappa shape index (κ1) is 15.5. The summed E-state index contributed by atoms with van der Waals surface area (Å²) in [6.07, 6.45) is 4.90. The molecule has 23 heavy (non-hydrogen) atoms. The van der Waals surface area contributed by atoms with Crippen molar-refractivity contribution in [2.45, 2.75) is 0 Å². The largest absolute Gasteiger partial charge is 0.321 e. The van der Waals surface area contributed by atoms with Gasteiger partial charge in [-0.05, 0) is 30.3 Å². The fourth-order valence-corrected chi connectivity index (χ4v) is 2.53. The molecular weight excluding hydrogens is 331 g/mol. The van der Waals surface area contributed by atoms with Crippen LogP contribution in [0.1, 0.15) is 5.56 Å². The normalized spacial score (nSPS) is 11.0. The van der Waals surface area contributed by atoms with E-state index in [-0.39, 0.29) is 5.91 Å². The molecule has 0 aliphatic rings. The second-order valence-electron chi connectivity index (χ2n) is 4.87. The molecule has 0 fully saturated rings. The number of hydrogen-bond acceptors (Lipinski definition) is 2. The number of amides is 1. The smallest absolute Gasteiger partial charge is 0.248 e. The van der Waals surface area contributed by atoms with E-state index >= 15 is 0 Å². The molecule has 1 aromatic heterocycles. The van der Waals surface area contributed by atoms with Crippen molar-refractivity contribution in [3.05, 3.63) is 76.4 Å². The van der Waals surface area contributed by atoms with Crippen LogP contribution in [0.15, 0.2) is 60.8 Å². The van der Waals surface area contributed by atoms with Crippen molar-refractivity contribution in [1.82, 2.24) is 4.98 Å². The molecule has 0 radical (unpaired) electrons. The molecule has 3 rings (SSSR count). The molecule has 0 saturated carbocycles. The summed E-state index contributed by atoms with van der Waals surface area (Å²) in [6.45, 7) is 0. The van der Waals surface area contributed by atoms with Gasteiger partial charge in [-0.25, -0.2) is 0 Å². The number of nitrogens with zero attached hydrogens (tertiary/aromatic N) is 1. The van der Waals surface area contributed by atoms with Crippen molar-refractivity contribution in [2.24, 2.45) is 0 Å². The van der Waals surface area contributed by atoms with E-state index in [1.54, 1.807) is 30.5 Å². The van der Waals surface area contributed by atoms with Crippen molar-refractivity contribution < 1.29 is 4.79 Å². The van der Waals surface area contributed by atoms with Crippen LogP contribution >= 0.6 is 23.2 Å². The minimum Gasteiger partial charge on any atom is -0.321 e. The Morgan fingerprint density at radius 3 is 2.78 bits per heavy atom. The molecule has 0 bridgehead atoms.